The summed E-state index contributed by atoms with van der Waals surface area (Å²) in [4.78, 5) is 0. The van der Waals surface area contributed by atoms with Crippen LogP contribution in [0.2, 0.25) is 0 Å². The molecule has 1 spiro atoms. The summed E-state index contributed by atoms with van der Waals surface area (Å²) >= 11 is 0. The lowest BCUT2D eigenvalue weighted by Gasteiger charge is -2.55. The highest BCUT2D eigenvalue weighted by molar-refractivity contribution is 7.86. The monoisotopic (exact) mass is 205 g/mol. The Hall–Kier alpha value is -0.170. The molecule has 5 nitrogen and oxygen atoms in total. The Balaban J connectivity index is 1.99. The Labute approximate surface area is 78.9 Å². The Bertz CT molecular complexity index is 300. The normalized spacial score (nSPS) is 27.3. The Morgan fingerprint density at radius 1 is 1.31 bits per heavy atom. The maximum absolute atomic E-state index is 11.6. The fourth-order valence-electron chi connectivity index (χ4n) is 1.80. The minimum Gasteiger partial charge on any atom is -0.315 e. The van der Waals surface area contributed by atoms with Crippen LogP contribution in [0.3, 0.4) is 0 Å². The van der Waals surface area contributed by atoms with Crippen LogP contribution >= 0.6 is 0 Å². The molecule has 0 aromatic rings. The van der Waals surface area contributed by atoms with Crippen LogP contribution in [0.15, 0.2) is 0 Å². The van der Waals surface area contributed by atoms with E-state index in [0.717, 1.165) is 13.1 Å². The SMILES string of the molecule is CN(C)S(=O)(=O)N1CC2(CNC2)C1. The van der Waals surface area contributed by atoms with Crippen LogP contribution in [0.4, 0.5) is 0 Å². The van der Waals surface area contributed by atoms with Gasteiger partial charge < -0.3 is 5.32 Å². The highest BCUT2D eigenvalue weighted by Crippen LogP contribution is 2.36. The van der Waals surface area contributed by atoms with E-state index >= 15 is 0 Å². The van der Waals surface area contributed by atoms with Crippen LogP contribution < -0.4 is 5.32 Å². The summed E-state index contributed by atoms with van der Waals surface area (Å²) in [6.07, 6.45) is 0. The van der Waals surface area contributed by atoms with Crippen molar-refractivity contribution in [3.63, 3.8) is 0 Å². The zero-order valence-corrected chi connectivity index (χ0v) is 8.76. The Kier molecular flexibility index (Phi) is 1.92. The summed E-state index contributed by atoms with van der Waals surface area (Å²) in [6.45, 7) is 3.29. The first kappa shape index (κ1) is 9.39. The van der Waals surface area contributed by atoms with Crippen molar-refractivity contribution in [1.29, 1.82) is 0 Å². The van der Waals surface area contributed by atoms with Crippen LogP contribution in [-0.2, 0) is 10.2 Å². The van der Waals surface area contributed by atoms with Crippen molar-refractivity contribution in [3.05, 3.63) is 0 Å². The molecule has 2 rings (SSSR count). The molecule has 76 valence electrons. The number of nitrogens with zero attached hydrogens (tertiary/aromatic N) is 2. The second-order valence-electron chi connectivity index (χ2n) is 4.16. The molecule has 13 heavy (non-hydrogen) atoms. The van der Waals surface area contributed by atoms with Gasteiger partial charge >= 0.3 is 0 Å². The van der Waals surface area contributed by atoms with Crippen LogP contribution in [0.1, 0.15) is 0 Å². The molecule has 0 bridgehead atoms. The first-order valence-corrected chi connectivity index (χ1v) is 5.74. The first-order chi connectivity index (χ1) is 5.96. The van der Waals surface area contributed by atoms with Gasteiger partial charge in [-0.25, -0.2) is 0 Å². The number of hydrogen-bond acceptors (Lipinski definition) is 3. The lowest BCUT2D eigenvalue weighted by molar-refractivity contribution is 0.0134. The van der Waals surface area contributed by atoms with Crippen molar-refractivity contribution < 1.29 is 8.42 Å². The van der Waals surface area contributed by atoms with E-state index in [1.165, 1.54) is 8.61 Å². The molecular weight excluding hydrogens is 190 g/mol. The molecule has 0 aromatic carbocycles. The molecule has 2 heterocycles. The average molecular weight is 205 g/mol. The molecule has 0 saturated carbocycles. The van der Waals surface area contributed by atoms with E-state index in [2.05, 4.69) is 5.32 Å². The molecule has 2 fully saturated rings. The van der Waals surface area contributed by atoms with Gasteiger partial charge in [0.05, 0.1) is 0 Å². The highest BCUT2D eigenvalue weighted by Gasteiger charge is 2.51. The third-order valence-electron chi connectivity index (χ3n) is 2.81. The summed E-state index contributed by atoms with van der Waals surface area (Å²) in [5.41, 5.74) is 0.267. The summed E-state index contributed by atoms with van der Waals surface area (Å²) < 4.78 is 25.9. The molecular formula is C7H15N3O2S. The molecule has 0 atom stereocenters. The van der Waals surface area contributed by atoms with Gasteiger partial charge in [0.1, 0.15) is 0 Å². The van der Waals surface area contributed by atoms with E-state index in [1.54, 1.807) is 14.1 Å². The van der Waals surface area contributed by atoms with Crippen molar-refractivity contribution in [2.24, 2.45) is 5.41 Å². The van der Waals surface area contributed by atoms with E-state index < -0.39 is 10.2 Å². The van der Waals surface area contributed by atoms with Gasteiger partial charge in [0, 0.05) is 45.7 Å². The molecule has 0 unspecified atom stereocenters. The van der Waals surface area contributed by atoms with E-state index in [9.17, 15) is 8.42 Å². The highest BCUT2D eigenvalue weighted by atomic mass is 32.2. The fourth-order valence-corrected chi connectivity index (χ4v) is 3.13. The van der Waals surface area contributed by atoms with E-state index in [1.807, 2.05) is 0 Å². The van der Waals surface area contributed by atoms with Crippen LogP contribution in [0.25, 0.3) is 0 Å². The van der Waals surface area contributed by atoms with Crippen molar-refractivity contribution in [1.82, 2.24) is 13.9 Å². The zero-order chi connectivity index (χ0) is 9.69. The fraction of sp³-hybridized carbons (Fsp3) is 1.00. The predicted octanol–water partition coefficient (Wildman–Crippen LogP) is -1.30. The van der Waals surface area contributed by atoms with Crippen molar-refractivity contribution in [2.75, 3.05) is 40.3 Å². The van der Waals surface area contributed by atoms with Crippen LogP contribution in [0, 0.1) is 5.41 Å². The summed E-state index contributed by atoms with van der Waals surface area (Å²) in [5, 5.41) is 3.17. The minimum absolute atomic E-state index is 0.267. The summed E-state index contributed by atoms with van der Waals surface area (Å²) in [7, 11) is -0.0109. The Morgan fingerprint density at radius 3 is 2.15 bits per heavy atom. The second-order valence-corrected chi connectivity index (χ2v) is 6.30. The molecule has 1 N–H and O–H groups in total. The quantitative estimate of drug-likeness (QED) is 0.609. The predicted molar refractivity (Wildman–Crippen MR) is 49.5 cm³/mol. The smallest absolute Gasteiger partial charge is 0.281 e. The molecule has 2 aliphatic heterocycles. The topological polar surface area (TPSA) is 52.7 Å². The van der Waals surface area contributed by atoms with Gasteiger partial charge in [-0.15, -0.1) is 0 Å². The van der Waals surface area contributed by atoms with E-state index in [0.29, 0.717) is 13.1 Å². The zero-order valence-electron chi connectivity index (χ0n) is 7.95. The maximum Gasteiger partial charge on any atom is 0.281 e. The van der Waals surface area contributed by atoms with Gasteiger partial charge in [0.2, 0.25) is 0 Å². The van der Waals surface area contributed by atoms with Gasteiger partial charge in [0.25, 0.3) is 10.2 Å². The second kappa shape index (κ2) is 2.66. The minimum atomic E-state index is -3.15. The molecule has 2 saturated heterocycles. The van der Waals surface area contributed by atoms with E-state index in [-0.39, 0.29) is 5.41 Å². The number of rotatable bonds is 2. The lowest BCUT2D eigenvalue weighted by Crippen LogP contribution is -2.72. The maximum atomic E-state index is 11.6. The van der Waals surface area contributed by atoms with Crippen molar-refractivity contribution in [3.8, 4) is 0 Å². The number of nitrogens with one attached hydrogen (secondary N) is 1. The van der Waals surface area contributed by atoms with Gasteiger partial charge in [-0.2, -0.15) is 17.0 Å². The molecule has 0 aliphatic carbocycles. The summed E-state index contributed by atoms with van der Waals surface area (Å²) in [6, 6.07) is 0. The Morgan fingerprint density at radius 2 is 1.85 bits per heavy atom. The van der Waals surface area contributed by atoms with Gasteiger partial charge in [-0.1, -0.05) is 0 Å². The standard InChI is InChI=1S/C7H15N3O2S/c1-9(2)13(11,12)10-5-7(6-10)3-8-4-7/h8H,3-6H2,1-2H3. The third kappa shape index (κ3) is 1.28. The van der Waals surface area contributed by atoms with Crippen LogP contribution in [0.5, 0.6) is 0 Å². The molecule has 0 aromatic heterocycles. The number of hydrogen-bond donors (Lipinski definition) is 1. The molecule has 6 heteroatoms. The van der Waals surface area contributed by atoms with Gasteiger partial charge in [-0.3, -0.25) is 0 Å². The third-order valence-corrected chi connectivity index (χ3v) is 4.64. The lowest BCUT2D eigenvalue weighted by atomic mass is 9.76. The van der Waals surface area contributed by atoms with Crippen molar-refractivity contribution >= 4 is 10.2 Å². The van der Waals surface area contributed by atoms with E-state index in [4.69, 9.17) is 0 Å². The molecule has 0 amide bonds. The van der Waals surface area contributed by atoms with Gasteiger partial charge in [0.15, 0.2) is 0 Å². The van der Waals surface area contributed by atoms with Gasteiger partial charge in [-0.05, 0) is 0 Å². The van der Waals surface area contributed by atoms with Crippen molar-refractivity contribution in [2.45, 2.75) is 0 Å². The summed E-state index contributed by atoms with van der Waals surface area (Å²) in [5.74, 6) is 0. The first-order valence-electron chi connectivity index (χ1n) is 4.35. The molecule has 0 radical (unpaired) electrons. The molecule has 2 aliphatic rings. The average Bonchev–Trinajstić information content (AvgIpc) is 1.78. The largest absolute Gasteiger partial charge is 0.315 e. The van der Waals surface area contributed by atoms with Crippen LogP contribution in [-0.4, -0.2) is 57.3 Å².